The van der Waals surface area contributed by atoms with Crippen LogP contribution in [0.3, 0.4) is 0 Å². The average Bonchev–Trinajstić information content (AvgIpc) is 2.43. The van der Waals surface area contributed by atoms with Crippen molar-refractivity contribution in [3.63, 3.8) is 0 Å². The molecule has 4 N–H and O–H groups in total. The number of nitrogens with one attached hydrogen (secondary N) is 3. The third-order valence-electron chi connectivity index (χ3n) is 3.21. The Kier molecular flexibility index (Phi) is 10.5. The van der Waals surface area contributed by atoms with Gasteiger partial charge in [0.25, 0.3) is 5.91 Å². The first-order chi connectivity index (χ1) is 11.5. The summed E-state index contributed by atoms with van der Waals surface area (Å²) < 4.78 is 0. The van der Waals surface area contributed by atoms with Gasteiger partial charge in [0.1, 0.15) is 12.1 Å². The summed E-state index contributed by atoms with van der Waals surface area (Å²) in [6, 6.07) is -1.68. The van der Waals surface area contributed by atoms with Gasteiger partial charge < -0.3 is 15.7 Å². The topological polar surface area (TPSA) is 120 Å². The van der Waals surface area contributed by atoms with E-state index in [1.807, 2.05) is 41.5 Å². The highest BCUT2D eigenvalue weighted by atomic mass is 16.4. The van der Waals surface area contributed by atoms with E-state index < -0.39 is 30.0 Å². The van der Waals surface area contributed by atoms with Crippen molar-refractivity contribution in [2.75, 3.05) is 0 Å². The van der Waals surface area contributed by atoms with Crippen molar-refractivity contribution in [3.8, 4) is 0 Å². The highest BCUT2D eigenvalue weighted by molar-refractivity contribution is 5.91. The summed E-state index contributed by atoms with van der Waals surface area (Å²) in [4.78, 5) is 35.6. The molecule has 0 aliphatic carbocycles. The second kappa shape index (κ2) is 11.4. The predicted molar refractivity (Wildman–Crippen MR) is 97.3 cm³/mol. The zero-order valence-electron chi connectivity index (χ0n) is 16.0. The van der Waals surface area contributed by atoms with E-state index in [0.717, 1.165) is 0 Å². The fourth-order valence-corrected chi connectivity index (χ4v) is 2.16. The Morgan fingerprint density at radius 2 is 1.36 bits per heavy atom. The molecule has 2 atom stereocenters. The first-order valence-corrected chi connectivity index (χ1v) is 8.65. The van der Waals surface area contributed by atoms with E-state index in [1.165, 1.54) is 0 Å². The predicted octanol–water partition coefficient (Wildman–Crippen LogP) is 1.96. The van der Waals surface area contributed by atoms with E-state index >= 15 is 0 Å². The van der Waals surface area contributed by atoms with Crippen LogP contribution in [0.5, 0.6) is 0 Å². The number of hydrazone groups is 1. The quantitative estimate of drug-likeness (QED) is 0.353. The Balaban J connectivity index is 5.03. The van der Waals surface area contributed by atoms with Crippen LogP contribution in [0.15, 0.2) is 5.10 Å². The van der Waals surface area contributed by atoms with Crippen molar-refractivity contribution >= 4 is 24.1 Å². The largest absolute Gasteiger partial charge is 0.465 e. The van der Waals surface area contributed by atoms with E-state index in [4.69, 9.17) is 5.11 Å². The van der Waals surface area contributed by atoms with Gasteiger partial charge in [-0.05, 0) is 30.6 Å². The van der Waals surface area contributed by atoms with Crippen LogP contribution in [-0.4, -0.2) is 41.3 Å². The van der Waals surface area contributed by atoms with Crippen LogP contribution < -0.4 is 16.1 Å². The SMILES string of the molecule is CC(C)/C=N/NC(=O)C(CC(C)C)NC(=O)C(CC(C)C)NC(=O)O. The molecule has 0 bridgehead atoms. The molecule has 2 unspecified atom stereocenters. The lowest BCUT2D eigenvalue weighted by Crippen LogP contribution is -2.53. The van der Waals surface area contributed by atoms with E-state index in [2.05, 4.69) is 21.2 Å². The molecule has 25 heavy (non-hydrogen) atoms. The maximum absolute atomic E-state index is 12.4. The van der Waals surface area contributed by atoms with Crippen molar-refractivity contribution in [3.05, 3.63) is 0 Å². The van der Waals surface area contributed by atoms with Crippen LogP contribution in [0.1, 0.15) is 54.4 Å². The van der Waals surface area contributed by atoms with E-state index in [-0.39, 0.29) is 17.8 Å². The second-order valence-electron chi connectivity index (χ2n) is 7.32. The molecule has 8 heteroatoms. The number of rotatable bonds is 10. The number of carboxylic acid groups (broad SMARTS) is 1. The van der Waals surface area contributed by atoms with Crippen molar-refractivity contribution in [1.29, 1.82) is 0 Å². The van der Waals surface area contributed by atoms with Gasteiger partial charge in [-0.2, -0.15) is 5.10 Å². The molecule has 0 radical (unpaired) electrons. The normalized spacial score (nSPS) is 14.0. The fourth-order valence-electron chi connectivity index (χ4n) is 2.16. The first kappa shape index (κ1) is 22.9. The number of hydrogen-bond acceptors (Lipinski definition) is 4. The molecule has 8 nitrogen and oxygen atoms in total. The second-order valence-corrected chi connectivity index (χ2v) is 7.32. The molecule has 0 fully saturated rings. The summed E-state index contributed by atoms with van der Waals surface area (Å²) in [6.07, 6.45) is 1.10. The minimum Gasteiger partial charge on any atom is -0.465 e. The Bertz CT molecular complexity index is 475. The molecule has 0 aromatic heterocycles. The van der Waals surface area contributed by atoms with E-state index in [1.54, 1.807) is 6.21 Å². The number of nitrogens with zero attached hydrogens (tertiary/aromatic N) is 1. The molecule has 0 rings (SSSR count). The van der Waals surface area contributed by atoms with Gasteiger partial charge in [-0.3, -0.25) is 9.59 Å². The van der Waals surface area contributed by atoms with Crippen molar-refractivity contribution in [2.24, 2.45) is 22.9 Å². The molecule has 3 amide bonds. The summed E-state index contributed by atoms with van der Waals surface area (Å²) >= 11 is 0. The molecule has 0 spiro atoms. The van der Waals surface area contributed by atoms with Crippen molar-refractivity contribution in [2.45, 2.75) is 66.5 Å². The summed E-state index contributed by atoms with van der Waals surface area (Å²) in [5, 5.41) is 17.6. The van der Waals surface area contributed by atoms with Crippen LogP contribution in [0, 0.1) is 17.8 Å². The number of hydrogen-bond donors (Lipinski definition) is 4. The van der Waals surface area contributed by atoms with Crippen molar-refractivity contribution < 1.29 is 19.5 Å². The summed E-state index contributed by atoms with van der Waals surface area (Å²) in [7, 11) is 0. The van der Waals surface area contributed by atoms with Gasteiger partial charge in [-0.15, -0.1) is 0 Å². The molecular formula is C17H32N4O4. The first-order valence-electron chi connectivity index (χ1n) is 8.65. The van der Waals surface area contributed by atoms with Gasteiger partial charge in [-0.25, -0.2) is 10.2 Å². The third kappa shape index (κ3) is 11.1. The molecule has 0 aromatic carbocycles. The highest BCUT2D eigenvalue weighted by Gasteiger charge is 2.27. The van der Waals surface area contributed by atoms with Gasteiger partial charge in [0.05, 0.1) is 0 Å². The van der Waals surface area contributed by atoms with Crippen molar-refractivity contribution in [1.82, 2.24) is 16.1 Å². The monoisotopic (exact) mass is 356 g/mol. The minimum atomic E-state index is -1.27. The Morgan fingerprint density at radius 1 is 0.880 bits per heavy atom. The zero-order chi connectivity index (χ0) is 19.6. The van der Waals surface area contributed by atoms with Crippen LogP contribution in [-0.2, 0) is 9.59 Å². The molecule has 0 saturated heterocycles. The van der Waals surface area contributed by atoms with Gasteiger partial charge in [0.15, 0.2) is 0 Å². The molecule has 0 aliphatic rings. The summed E-state index contributed by atoms with van der Waals surface area (Å²) in [6.45, 7) is 11.5. The van der Waals surface area contributed by atoms with Gasteiger partial charge in [0.2, 0.25) is 5.91 Å². The van der Waals surface area contributed by atoms with Gasteiger partial charge in [0, 0.05) is 6.21 Å². The van der Waals surface area contributed by atoms with Crippen LogP contribution >= 0.6 is 0 Å². The lowest BCUT2D eigenvalue weighted by molar-refractivity contribution is -0.130. The lowest BCUT2D eigenvalue weighted by Gasteiger charge is -2.23. The van der Waals surface area contributed by atoms with E-state index in [9.17, 15) is 14.4 Å². The Labute approximate surface area is 149 Å². The molecule has 0 aromatic rings. The molecule has 0 heterocycles. The molecule has 144 valence electrons. The highest BCUT2D eigenvalue weighted by Crippen LogP contribution is 2.09. The van der Waals surface area contributed by atoms with E-state index in [0.29, 0.717) is 12.8 Å². The number of amides is 3. The zero-order valence-corrected chi connectivity index (χ0v) is 16.0. The lowest BCUT2D eigenvalue weighted by atomic mass is 10.0. The number of carbonyl (C=O) groups excluding carboxylic acids is 2. The van der Waals surface area contributed by atoms with Crippen LogP contribution in [0.25, 0.3) is 0 Å². The Morgan fingerprint density at radius 3 is 1.76 bits per heavy atom. The maximum atomic E-state index is 12.4. The fraction of sp³-hybridized carbons (Fsp3) is 0.765. The molecule has 0 aliphatic heterocycles. The molecule has 0 saturated carbocycles. The molecular weight excluding hydrogens is 324 g/mol. The number of carbonyl (C=O) groups is 3. The van der Waals surface area contributed by atoms with Gasteiger partial charge in [-0.1, -0.05) is 41.5 Å². The minimum absolute atomic E-state index is 0.121. The smallest absolute Gasteiger partial charge is 0.405 e. The third-order valence-corrected chi connectivity index (χ3v) is 3.21. The summed E-state index contributed by atoms with van der Waals surface area (Å²) in [5.74, 6) is -0.451. The summed E-state index contributed by atoms with van der Waals surface area (Å²) in [5.41, 5.74) is 2.42. The van der Waals surface area contributed by atoms with Crippen LogP contribution in [0.4, 0.5) is 4.79 Å². The van der Waals surface area contributed by atoms with Gasteiger partial charge >= 0.3 is 6.09 Å². The maximum Gasteiger partial charge on any atom is 0.405 e. The Hall–Kier alpha value is -2.12. The average molecular weight is 356 g/mol. The van der Waals surface area contributed by atoms with Crippen LogP contribution in [0.2, 0.25) is 0 Å². The standard InChI is InChI=1S/C17H32N4O4/c1-10(2)7-13(20-17(24)25)15(22)19-14(8-11(3)4)16(23)21-18-9-12(5)6/h9-14,20H,7-8H2,1-6H3,(H,19,22)(H,21,23)(H,24,25)/b18-9+.